The summed E-state index contributed by atoms with van der Waals surface area (Å²) in [5, 5.41) is 13.2. The van der Waals surface area contributed by atoms with E-state index in [4.69, 9.17) is 10.5 Å². The molecule has 1 unspecified atom stereocenters. The number of carbonyl (C=O) groups excluding carboxylic acids is 3. The van der Waals surface area contributed by atoms with Crippen LogP contribution in [0.1, 0.15) is 45.5 Å². The molecule has 1 saturated heterocycles. The van der Waals surface area contributed by atoms with E-state index in [9.17, 15) is 14.4 Å². The number of imide groups is 1. The fourth-order valence-corrected chi connectivity index (χ4v) is 2.97. The van der Waals surface area contributed by atoms with Gasteiger partial charge in [-0.15, -0.1) is 5.10 Å². The highest BCUT2D eigenvalue weighted by Crippen LogP contribution is 2.25. The van der Waals surface area contributed by atoms with Crippen molar-refractivity contribution in [1.29, 1.82) is 0 Å². The number of ether oxygens (including phenoxy) is 1. The second-order valence-electron chi connectivity index (χ2n) is 7.87. The van der Waals surface area contributed by atoms with Crippen LogP contribution in [0, 0.1) is 6.92 Å². The van der Waals surface area contributed by atoms with Crippen molar-refractivity contribution in [3.63, 3.8) is 0 Å². The highest BCUT2D eigenvalue weighted by molar-refractivity contribution is 6.22. The van der Waals surface area contributed by atoms with Crippen LogP contribution in [0.4, 0.5) is 10.5 Å². The highest BCUT2D eigenvalue weighted by atomic mass is 16.6. The minimum Gasteiger partial charge on any atom is -0.444 e. The highest BCUT2D eigenvalue weighted by Gasteiger charge is 2.28. The molecule has 158 valence electrons. The lowest BCUT2D eigenvalue weighted by molar-refractivity contribution is -0.126. The molecule has 1 fully saturated rings. The first kappa shape index (κ1) is 22.1. The third kappa shape index (κ3) is 6.16. The average molecular weight is 404 g/mol. The van der Waals surface area contributed by atoms with Crippen LogP contribution in [-0.4, -0.2) is 52.8 Å². The molecular formula is C19H28N6O4. The van der Waals surface area contributed by atoms with E-state index in [0.29, 0.717) is 18.8 Å². The van der Waals surface area contributed by atoms with Crippen LogP contribution in [0.25, 0.3) is 5.57 Å². The van der Waals surface area contributed by atoms with Gasteiger partial charge in [0.2, 0.25) is 5.91 Å². The van der Waals surface area contributed by atoms with Crippen molar-refractivity contribution in [3.8, 4) is 0 Å². The minimum absolute atomic E-state index is 0.0524. The SMILES string of the molecule is CC(=O)NC(=O)/C(=C\N)c1cc(N2CCC(NC(=O)OC(C)(C)C)C2)c(C)nn1. The van der Waals surface area contributed by atoms with Crippen molar-refractivity contribution in [2.45, 2.75) is 52.7 Å². The Morgan fingerprint density at radius 2 is 2.00 bits per heavy atom. The second kappa shape index (κ2) is 8.89. The number of amides is 3. The van der Waals surface area contributed by atoms with Crippen LogP contribution in [0.3, 0.4) is 0 Å². The smallest absolute Gasteiger partial charge is 0.407 e. The largest absolute Gasteiger partial charge is 0.444 e. The molecule has 0 aliphatic carbocycles. The number of nitrogens with two attached hydrogens (primary N) is 1. The lowest BCUT2D eigenvalue weighted by atomic mass is 10.1. The fraction of sp³-hybridized carbons (Fsp3) is 0.526. The van der Waals surface area contributed by atoms with Crippen LogP contribution >= 0.6 is 0 Å². The lowest BCUT2D eigenvalue weighted by Gasteiger charge is -2.23. The van der Waals surface area contributed by atoms with Gasteiger partial charge < -0.3 is 20.7 Å². The third-order valence-electron chi connectivity index (χ3n) is 4.18. The van der Waals surface area contributed by atoms with Crippen molar-refractivity contribution in [1.82, 2.24) is 20.8 Å². The third-order valence-corrected chi connectivity index (χ3v) is 4.18. The van der Waals surface area contributed by atoms with E-state index in [1.165, 1.54) is 6.92 Å². The summed E-state index contributed by atoms with van der Waals surface area (Å²) < 4.78 is 5.30. The van der Waals surface area contributed by atoms with Gasteiger partial charge in [-0.2, -0.15) is 5.10 Å². The predicted molar refractivity (Wildman–Crippen MR) is 108 cm³/mol. The first-order valence-electron chi connectivity index (χ1n) is 9.33. The van der Waals surface area contributed by atoms with Gasteiger partial charge in [0.25, 0.3) is 5.91 Å². The Bertz CT molecular complexity index is 830. The molecule has 0 bridgehead atoms. The molecule has 10 heteroatoms. The molecular weight excluding hydrogens is 376 g/mol. The molecule has 0 spiro atoms. The van der Waals surface area contributed by atoms with Gasteiger partial charge in [-0.25, -0.2) is 4.79 Å². The molecule has 4 N–H and O–H groups in total. The molecule has 0 radical (unpaired) electrons. The zero-order valence-corrected chi connectivity index (χ0v) is 17.4. The summed E-state index contributed by atoms with van der Waals surface area (Å²) in [6, 6.07) is 1.63. The zero-order chi connectivity index (χ0) is 21.8. The van der Waals surface area contributed by atoms with E-state index >= 15 is 0 Å². The van der Waals surface area contributed by atoms with E-state index in [0.717, 1.165) is 18.3 Å². The number of aromatic nitrogens is 2. The summed E-state index contributed by atoms with van der Waals surface area (Å²) >= 11 is 0. The van der Waals surface area contributed by atoms with E-state index in [1.807, 2.05) is 32.6 Å². The second-order valence-corrected chi connectivity index (χ2v) is 7.87. The monoisotopic (exact) mass is 404 g/mol. The maximum absolute atomic E-state index is 12.2. The number of carbonyl (C=O) groups is 3. The van der Waals surface area contributed by atoms with Crippen molar-refractivity contribution in [2.24, 2.45) is 5.73 Å². The standard InChI is InChI=1S/C19H28N6O4/c1-11-16(8-15(24-23-11)14(9-20)17(27)21-12(2)26)25-7-6-13(10-25)22-18(28)29-19(3,4)5/h8-9,13H,6-7,10,20H2,1-5H3,(H,22,28)(H,21,26,27)/b14-9-. The summed E-state index contributed by atoms with van der Waals surface area (Å²) in [6.07, 6.45) is 1.38. The lowest BCUT2D eigenvalue weighted by Crippen LogP contribution is -2.40. The Hall–Kier alpha value is -3.17. The molecule has 1 aliphatic rings. The quantitative estimate of drug-likeness (QED) is 0.628. The summed E-state index contributed by atoms with van der Waals surface area (Å²) in [6.45, 7) is 9.73. The van der Waals surface area contributed by atoms with Gasteiger partial charge in [-0.1, -0.05) is 0 Å². The topological polar surface area (TPSA) is 140 Å². The Balaban J connectivity index is 2.13. The molecule has 10 nitrogen and oxygen atoms in total. The van der Waals surface area contributed by atoms with E-state index < -0.39 is 23.5 Å². The van der Waals surface area contributed by atoms with Gasteiger partial charge in [-0.05, 0) is 40.2 Å². The van der Waals surface area contributed by atoms with Crippen molar-refractivity contribution >= 4 is 29.2 Å². The average Bonchev–Trinajstić information content (AvgIpc) is 3.02. The number of nitrogens with zero attached hydrogens (tertiary/aromatic N) is 3. The van der Waals surface area contributed by atoms with Crippen molar-refractivity contribution < 1.29 is 19.1 Å². The molecule has 3 amide bonds. The minimum atomic E-state index is -0.644. The normalized spacial score (nSPS) is 17.1. The van der Waals surface area contributed by atoms with E-state index in [1.54, 1.807) is 6.07 Å². The molecule has 29 heavy (non-hydrogen) atoms. The molecule has 0 aromatic carbocycles. The van der Waals surface area contributed by atoms with E-state index in [2.05, 4.69) is 20.8 Å². The van der Waals surface area contributed by atoms with Crippen LogP contribution in [0.2, 0.25) is 0 Å². The summed E-state index contributed by atoms with van der Waals surface area (Å²) in [5.41, 5.74) is 6.78. The number of aryl methyl sites for hydroxylation is 1. The zero-order valence-electron chi connectivity index (χ0n) is 17.4. The van der Waals surface area contributed by atoms with Gasteiger partial charge in [0.05, 0.1) is 23.0 Å². The fourth-order valence-electron chi connectivity index (χ4n) is 2.97. The van der Waals surface area contributed by atoms with Gasteiger partial charge in [0.15, 0.2) is 0 Å². The first-order valence-corrected chi connectivity index (χ1v) is 9.33. The number of alkyl carbamates (subject to hydrolysis) is 1. The van der Waals surface area contributed by atoms with Gasteiger partial charge in [-0.3, -0.25) is 14.9 Å². The molecule has 2 heterocycles. The Labute approximate surface area is 169 Å². The predicted octanol–water partition coefficient (Wildman–Crippen LogP) is 0.851. The van der Waals surface area contributed by atoms with Gasteiger partial charge in [0.1, 0.15) is 11.3 Å². The number of anilines is 1. The molecule has 2 rings (SSSR count). The molecule has 1 atom stereocenters. The number of nitrogens with one attached hydrogen (secondary N) is 2. The first-order chi connectivity index (χ1) is 13.5. The number of hydrogen-bond acceptors (Lipinski definition) is 8. The number of rotatable bonds is 4. The number of hydrogen-bond donors (Lipinski definition) is 3. The molecule has 1 aliphatic heterocycles. The Kier molecular flexibility index (Phi) is 6.78. The maximum Gasteiger partial charge on any atom is 0.407 e. The van der Waals surface area contributed by atoms with Crippen LogP contribution in [-0.2, 0) is 14.3 Å². The van der Waals surface area contributed by atoms with Gasteiger partial charge >= 0.3 is 6.09 Å². The van der Waals surface area contributed by atoms with Crippen molar-refractivity contribution in [3.05, 3.63) is 23.7 Å². The van der Waals surface area contributed by atoms with Gasteiger partial charge in [0, 0.05) is 26.2 Å². The van der Waals surface area contributed by atoms with Crippen molar-refractivity contribution in [2.75, 3.05) is 18.0 Å². The van der Waals surface area contributed by atoms with Crippen LogP contribution in [0.15, 0.2) is 12.3 Å². The molecule has 1 aromatic rings. The Morgan fingerprint density at radius 1 is 1.31 bits per heavy atom. The van der Waals surface area contributed by atoms with Crippen LogP contribution < -0.4 is 21.3 Å². The Morgan fingerprint density at radius 3 is 2.59 bits per heavy atom. The summed E-state index contributed by atoms with van der Waals surface area (Å²) in [5.74, 6) is -1.14. The molecule has 1 aromatic heterocycles. The molecule has 0 saturated carbocycles. The maximum atomic E-state index is 12.2. The summed E-state index contributed by atoms with van der Waals surface area (Å²) in [7, 11) is 0. The van der Waals surface area contributed by atoms with Crippen LogP contribution in [0.5, 0.6) is 0 Å². The van der Waals surface area contributed by atoms with E-state index in [-0.39, 0.29) is 17.3 Å². The summed E-state index contributed by atoms with van der Waals surface area (Å²) in [4.78, 5) is 37.4.